The maximum atomic E-state index is 13.0. The molecule has 0 bridgehead atoms. The van der Waals surface area contributed by atoms with Gasteiger partial charge in [0.05, 0.1) is 19.4 Å². The third kappa shape index (κ3) is 4.66. The molecule has 3 heterocycles. The van der Waals surface area contributed by atoms with E-state index in [-0.39, 0.29) is 13.2 Å². The number of carbonyl (C=O) groups excluding carboxylic acids is 1. The molecule has 0 spiro atoms. The topological polar surface area (TPSA) is 115 Å². The van der Waals surface area contributed by atoms with Crippen molar-refractivity contribution in [3.8, 4) is 17.1 Å². The van der Waals surface area contributed by atoms with Crippen LogP contribution in [-0.4, -0.2) is 49.6 Å². The molecule has 0 radical (unpaired) electrons. The summed E-state index contributed by atoms with van der Waals surface area (Å²) in [6.07, 6.45) is 0.473. The molecule has 0 saturated carbocycles. The fourth-order valence-electron chi connectivity index (χ4n) is 3.97. The van der Waals surface area contributed by atoms with Gasteiger partial charge in [-0.1, -0.05) is 23.7 Å². The van der Waals surface area contributed by atoms with Gasteiger partial charge in [-0.3, -0.25) is 9.88 Å². The Bertz CT molecular complexity index is 1330. The first-order chi connectivity index (χ1) is 17.1. The number of ether oxygens (including phenoxy) is 2. The Balaban J connectivity index is 1.46. The lowest BCUT2D eigenvalue weighted by Gasteiger charge is -2.25. The molecule has 178 valence electrons. The van der Waals surface area contributed by atoms with Crippen LogP contribution in [0.3, 0.4) is 0 Å². The van der Waals surface area contributed by atoms with Gasteiger partial charge >= 0.3 is 6.09 Å². The number of anilines is 1. The third-order valence-electron chi connectivity index (χ3n) is 5.66. The van der Waals surface area contributed by atoms with E-state index in [1.165, 1.54) is 4.80 Å². The Morgan fingerprint density at radius 2 is 1.97 bits per heavy atom. The van der Waals surface area contributed by atoms with Crippen molar-refractivity contribution in [1.29, 1.82) is 0 Å². The van der Waals surface area contributed by atoms with Crippen LogP contribution in [0, 0.1) is 0 Å². The summed E-state index contributed by atoms with van der Waals surface area (Å²) in [5, 5.41) is 22.4. The Morgan fingerprint density at radius 1 is 1.14 bits per heavy atom. The van der Waals surface area contributed by atoms with Crippen LogP contribution < -0.4 is 9.64 Å². The van der Waals surface area contributed by atoms with Crippen molar-refractivity contribution < 1.29 is 19.4 Å². The fourth-order valence-corrected chi connectivity index (χ4v) is 4.10. The highest BCUT2D eigenvalue weighted by Crippen LogP contribution is 2.39. The van der Waals surface area contributed by atoms with Crippen LogP contribution in [0.2, 0.25) is 5.02 Å². The highest BCUT2D eigenvalue weighted by Gasteiger charge is 2.44. The van der Waals surface area contributed by atoms with Gasteiger partial charge in [0, 0.05) is 22.5 Å². The summed E-state index contributed by atoms with van der Waals surface area (Å²) in [7, 11) is 1.59. The van der Waals surface area contributed by atoms with Gasteiger partial charge in [-0.2, -0.15) is 4.80 Å². The molecular weight excluding hydrogens is 472 g/mol. The smallest absolute Gasteiger partial charge is 0.415 e. The minimum atomic E-state index is -0.609. The predicted octanol–water partition coefficient (Wildman–Crippen LogP) is 3.66. The number of rotatable bonds is 7. The van der Waals surface area contributed by atoms with Crippen molar-refractivity contribution in [2.24, 2.45) is 0 Å². The van der Waals surface area contributed by atoms with Gasteiger partial charge in [-0.15, -0.1) is 10.2 Å². The van der Waals surface area contributed by atoms with E-state index in [9.17, 15) is 9.90 Å². The summed E-state index contributed by atoms with van der Waals surface area (Å²) < 4.78 is 11.2. The molecule has 35 heavy (non-hydrogen) atoms. The molecule has 2 atom stereocenters. The van der Waals surface area contributed by atoms with Crippen molar-refractivity contribution in [1.82, 2.24) is 25.2 Å². The van der Waals surface area contributed by atoms with Crippen molar-refractivity contribution in [3.63, 3.8) is 0 Å². The van der Waals surface area contributed by atoms with Crippen molar-refractivity contribution in [2.45, 2.75) is 25.3 Å². The monoisotopic (exact) mass is 492 g/mol. The van der Waals surface area contributed by atoms with Crippen LogP contribution in [-0.2, 0) is 17.9 Å². The number of aliphatic hydroxyl groups is 1. The highest BCUT2D eigenvalue weighted by molar-refractivity contribution is 6.30. The fraction of sp³-hybridized carbons (Fsp3) is 0.208. The van der Waals surface area contributed by atoms with E-state index in [1.807, 2.05) is 24.3 Å². The molecule has 1 N–H and O–H groups in total. The number of tetrazole rings is 1. The molecule has 5 rings (SSSR count). The number of aromatic nitrogens is 5. The van der Waals surface area contributed by atoms with Gasteiger partial charge in [-0.05, 0) is 59.3 Å². The number of pyridine rings is 1. The zero-order valence-corrected chi connectivity index (χ0v) is 19.4. The molecule has 1 aliphatic rings. The van der Waals surface area contributed by atoms with Gasteiger partial charge in [0.25, 0.3) is 0 Å². The average Bonchev–Trinajstić information content (AvgIpc) is 3.49. The molecule has 10 nitrogen and oxygen atoms in total. The molecule has 1 aliphatic heterocycles. The number of halogens is 1. The predicted molar refractivity (Wildman–Crippen MR) is 127 cm³/mol. The molecule has 1 amide bonds. The standard InChI is InChI=1S/C24H21ClN6O4/c1-34-20-4-2-3-15(11-20)22-21(35-24(33)31(22)19-9-6-17(25)7-10-19)13-30-28-23(27-29-30)16-5-8-18(14-32)26-12-16/h2-12,21-22,32H,13-14H2,1H3/t21-,22-/m0/s1. The van der Waals surface area contributed by atoms with E-state index < -0.39 is 18.2 Å². The molecule has 1 fully saturated rings. The summed E-state index contributed by atoms with van der Waals surface area (Å²) in [5.41, 5.74) is 2.68. The van der Waals surface area contributed by atoms with Crippen LogP contribution in [0.15, 0.2) is 66.9 Å². The van der Waals surface area contributed by atoms with E-state index in [0.29, 0.717) is 33.5 Å². The maximum Gasteiger partial charge on any atom is 0.415 e. The second kappa shape index (κ2) is 9.69. The van der Waals surface area contributed by atoms with Crippen molar-refractivity contribution in [3.05, 3.63) is 83.1 Å². The molecule has 2 aromatic carbocycles. The first-order valence-electron chi connectivity index (χ1n) is 10.8. The van der Waals surface area contributed by atoms with Crippen molar-refractivity contribution >= 4 is 23.4 Å². The molecule has 1 saturated heterocycles. The summed E-state index contributed by atoms with van der Waals surface area (Å²) in [4.78, 5) is 20.2. The van der Waals surface area contributed by atoms with Crippen LogP contribution in [0.25, 0.3) is 11.4 Å². The van der Waals surface area contributed by atoms with E-state index >= 15 is 0 Å². The van der Waals surface area contributed by atoms with Gasteiger partial charge in [0.2, 0.25) is 5.82 Å². The number of hydrogen-bond donors (Lipinski definition) is 1. The molecule has 0 unspecified atom stereocenters. The van der Waals surface area contributed by atoms with Crippen LogP contribution in [0.5, 0.6) is 5.75 Å². The van der Waals surface area contributed by atoms with E-state index in [1.54, 1.807) is 54.6 Å². The number of amides is 1. The van der Waals surface area contributed by atoms with Gasteiger partial charge in [-0.25, -0.2) is 4.79 Å². The Kier molecular flexibility index (Phi) is 6.30. The number of aliphatic hydroxyl groups excluding tert-OH is 1. The van der Waals surface area contributed by atoms with Gasteiger partial charge in [0.15, 0.2) is 0 Å². The highest BCUT2D eigenvalue weighted by atomic mass is 35.5. The molecule has 4 aromatic rings. The first kappa shape index (κ1) is 22.8. The van der Waals surface area contributed by atoms with Crippen molar-refractivity contribution in [2.75, 3.05) is 12.0 Å². The Hall–Kier alpha value is -4.02. The molecule has 2 aromatic heterocycles. The minimum Gasteiger partial charge on any atom is -0.497 e. The quantitative estimate of drug-likeness (QED) is 0.415. The Morgan fingerprint density at radius 3 is 2.69 bits per heavy atom. The summed E-state index contributed by atoms with van der Waals surface area (Å²) in [6, 6.07) is 17.5. The number of hydrogen-bond acceptors (Lipinski definition) is 8. The van der Waals surface area contributed by atoms with E-state index in [2.05, 4.69) is 20.4 Å². The van der Waals surface area contributed by atoms with Gasteiger partial charge in [0.1, 0.15) is 24.4 Å². The molecule has 0 aliphatic carbocycles. The zero-order chi connectivity index (χ0) is 24.4. The molecule has 11 heteroatoms. The van der Waals surface area contributed by atoms with E-state index in [0.717, 1.165) is 5.56 Å². The lowest BCUT2D eigenvalue weighted by molar-refractivity contribution is 0.114. The van der Waals surface area contributed by atoms with Crippen LogP contribution >= 0.6 is 11.6 Å². The van der Waals surface area contributed by atoms with Crippen LogP contribution in [0.4, 0.5) is 10.5 Å². The molecular formula is C24H21ClN6O4. The second-order valence-corrected chi connectivity index (χ2v) is 8.29. The zero-order valence-electron chi connectivity index (χ0n) is 18.7. The third-order valence-corrected chi connectivity index (χ3v) is 5.91. The lowest BCUT2D eigenvalue weighted by atomic mass is 9.99. The number of carbonyl (C=O) groups is 1. The minimum absolute atomic E-state index is 0.150. The number of nitrogens with zero attached hydrogens (tertiary/aromatic N) is 6. The lowest BCUT2D eigenvalue weighted by Crippen LogP contribution is -2.31. The SMILES string of the molecule is COc1cccc([C@H]2[C@H](Cn3nnc(-c4ccc(CO)nc4)n3)OC(=O)N2c2ccc(Cl)cc2)c1. The maximum absolute atomic E-state index is 13.0. The number of benzene rings is 2. The average molecular weight is 493 g/mol. The van der Waals surface area contributed by atoms with Crippen LogP contribution in [0.1, 0.15) is 17.3 Å². The Labute approximate surface area is 205 Å². The number of methoxy groups -OCH3 is 1. The van der Waals surface area contributed by atoms with Gasteiger partial charge < -0.3 is 14.6 Å². The largest absolute Gasteiger partial charge is 0.497 e. The summed E-state index contributed by atoms with van der Waals surface area (Å²) >= 11 is 6.06. The number of cyclic esters (lactones) is 1. The summed E-state index contributed by atoms with van der Waals surface area (Å²) in [5.74, 6) is 1.04. The normalized spacial score (nSPS) is 17.5. The van der Waals surface area contributed by atoms with E-state index in [4.69, 9.17) is 21.1 Å². The first-order valence-corrected chi connectivity index (χ1v) is 11.2. The second-order valence-electron chi connectivity index (χ2n) is 7.85. The summed E-state index contributed by atoms with van der Waals surface area (Å²) in [6.45, 7) is 0.0239.